The van der Waals surface area contributed by atoms with Gasteiger partial charge in [0, 0.05) is 11.4 Å². The summed E-state index contributed by atoms with van der Waals surface area (Å²) in [5.41, 5.74) is 3.39. The molecule has 1 aromatic rings. The summed E-state index contributed by atoms with van der Waals surface area (Å²) in [6.45, 7) is 2.09. The summed E-state index contributed by atoms with van der Waals surface area (Å²) in [6.07, 6.45) is 4.22. The Morgan fingerprint density at radius 1 is 1.56 bits per heavy atom. The zero-order chi connectivity index (χ0) is 11.5. The summed E-state index contributed by atoms with van der Waals surface area (Å²) in [6, 6.07) is 4.10. The van der Waals surface area contributed by atoms with Gasteiger partial charge in [0.1, 0.15) is 0 Å². The number of fused-ring (bicyclic) bond motifs is 1. The lowest BCUT2D eigenvalue weighted by atomic mass is 9.83. The van der Waals surface area contributed by atoms with Crippen LogP contribution in [0.25, 0.3) is 0 Å². The number of carboxylic acid groups (broad SMARTS) is 1. The van der Waals surface area contributed by atoms with Crippen LogP contribution in [0.15, 0.2) is 12.1 Å². The maximum absolute atomic E-state index is 10.8. The van der Waals surface area contributed by atoms with Crippen molar-refractivity contribution in [3.63, 3.8) is 0 Å². The maximum Gasteiger partial charge on any atom is 0.303 e. The Hall–Kier alpha value is -1.38. The summed E-state index contributed by atoms with van der Waals surface area (Å²) >= 11 is 0. The second-order valence-corrected chi connectivity index (χ2v) is 4.38. The van der Waals surface area contributed by atoms with Gasteiger partial charge in [-0.2, -0.15) is 0 Å². The number of nitrogens with zero attached hydrogens (tertiary/aromatic N) is 1. The van der Waals surface area contributed by atoms with Gasteiger partial charge in [-0.15, -0.1) is 0 Å². The van der Waals surface area contributed by atoms with Crippen molar-refractivity contribution < 1.29 is 9.90 Å². The van der Waals surface area contributed by atoms with Crippen LogP contribution in [0.4, 0.5) is 0 Å². The fourth-order valence-corrected chi connectivity index (χ4v) is 2.42. The van der Waals surface area contributed by atoms with Gasteiger partial charge in [0.15, 0.2) is 0 Å². The van der Waals surface area contributed by atoms with Crippen molar-refractivity contribution in [1.82, 2.24) is 4.98 Å². The van der Waals surface area contributed by atoms with Crippen molar-refractivity contribution in [2.75, 3.05) is 0 Å². The number of hydrogen-bond donors (Lipinski definition) is 1. The van der Waals surface area contributed by atoms with Crippen LogP contribution in [0.1, 0.15) is 49.1 Å². The maximum atomic E-state index is 10.8. The van der Waals surface area contributed by atoms with Gasteiger partial charge in [-0.05, 0) is 43.2 Å². The highest BCUT2D eigenvalue weighted by molar-refractivity contribution is 5.68. The fraction of sp³-hybridized carbons (Fsp3) is 0.538. The molecule has 0 saturated carbocycles. The summed E-state index contributed by atoms with van der Waals surface area (Å²) in [4.78, 5) is 15.4. The van der Waals surface area contributed by atoms with Crippen LogP contribution < -0.4 is 0 Å². The van der Waals surface area contributed by atoms with E-state index in [1.54, 1.807) is 0 Å². The van der Waals surface area contributed by atoms with Gasteiger partial charge in [0.05, 0.1) is 6.42 Å². The molecule has 0 bridgehead atoms. The minimum absolute atomic E-state index is 0.166. The Kier molecular flexibility index (Phi) is 3.22. The van der Waals surface area contributed by atoms with E-state index in [-0.39, 0.29) is 12.3 Å². The van der Waals surface area contributed by atoms with Crippen molar-refractivity contribution in [2.45, 2.75) is 44.9 Å². The van der Waals surface area contributed by atoms with Gasteiger partial charge < -0.3 is 5.11 Å². The predicted molar refractivity (Wildman–Crippen MR) is 61.5 cm³/mol. The summed E-state index contributed by atoms with van der Waals surface area (Å²) in [7, 11) is 0. The highest BCUT2D eigenvalue weighted by Crippen LogP contribution is 2.33. The number of pyridine rings is 1. The van der Waals surface area contributed by atoms with E-state index in [0.29, 0.717) is 0 Å². The second kappa shape index (κ2) is 4.64. The standard InChI is InChI=1S/C13H17NO2/c1-2-10-6-7-11-9(8-13(15)16)4-3-5-12(11)14-10/h6-7,9H,2-5,8H2,1H3,(H,15,16). The Labute approximate surface area is 95.5 Å². The summed E-state index contributed by atoms with van der Waals surface area (Å²) in [5, 5.41) is 8.87. The van der Waals surface area contributed by atoms with Gasteiger partial charge >= 0.3 is 5.97 Å². The van der Waals surface area contributed by atoms with Gasteiger partial charge in [0.2, 0.25) is 0 Å². The van der Waals surface area contributed by atoms with Gasteiger partial charge in [0.25, 0.3) is 0 Å². The molecule has 1 aromatic heterocycles. The van der Waals surface area contributed by atoms with Crippen LogP contribution in [0.5, 0.6) is 0 Å². The van der Waals surface area contributed by atoms with Crippen LogP contribution in [0.2, 0.25) is 0 Å². The monoisotopic (exact) mass is 219 g/mol. The summed E-state index contributed by atoms with van der Waals surface area (Å²) in [5.74, 6) is -0.544. The number of aryl methyl sites for hydroxylation is 2. The number of hydrogen-bond acceptors (Lipinski definition) is 2. The molecule has 1 unspecified atom stereocenters. The third-order valence-electron chi connectivity index (χ3n) is 3.26. The van der Waals surface area contributed by atoms with Crippen molar-refractivity contribution in [1.29, 1.82) is 0 Å². The number of rotatable bonds is 3. The summed E-state index contributed by atoms with van der Waals surface area (Å²) < 4.78 is 0. The average Bonchev–Trinajstić information content (AvgIpc) is 2.28. The third-order valence-corrected chi connectivity index (χ3v) is 3.26. The Morgan fingerprint density at radius 3 is 3.06 bits per heavy atom. The number of aromatic nitrogens is 1. The Balaban J connectivity index is 2.28. The zero-order valence-electron chi connectivity index (χ0n) is 9.57. The zero-order valence-corrected chi connectivity index (χ0v) is 9.57. The second-order valence-electron chi connectivity index (χ2n) is 4.38. The fourth-order valence-electron chi connectivity index (χ4n) is 2.42. The van der Waals surface area contributed by atoms with Gasteiger partial charge in [-0.25, -0.2) is 0 Å². The first-order valence-electron chi connectivity index (χ1n) is 5.91. The molecule has 0 fully saturated rings. The molecule has 0 aliphatic heterocycles. The molecule has 1 atom stereocenters. The smallest absolute Gasteiger partial charge is 0.303 e. The normalized spacial score (nSPS) is 19.2. The van der Waals surface area contributed by atoms with Crippen LogP contribution in [0, 0.1) is 0 Å². The Bertz CT molecular complexity index is 401. The first-order chi connectivity index (χ1) is 7.70. The minimum atomic E-state index is -0.711. The van der Waals surface area contributed by atoms with Gasteiger partial charge in [-0.3, -0.25) is 9.78 Å². The van der Waals surface area contributed by atoms with Gasteiger partial charge in [-0.1, -0.05) is 13.0 Å². The highest BCUT2D eigenvalue weighted by Gasteiger charge is 2.23. The molecule has 3 nitrogen and oxygen atoms in total. The molecule has 16 heavy (non-hydrogen) atoms. The molecule has 0 aromatic carbocycles. The van der Waals surface area contributed by atoms with Crippen LogP contribution in [0.3, 0.4) is 0 Å². The molecule has 0 saturated heterocycles. The van der Waals surface area contributed by atoms with E-state index in [2.05, 4.69) is 18.0 Å². The molecular weight excluding hydrogens is 202 g/mol. The van der Waals surface area contributed by atoms with Crippen molar-refractivity contribution >= 4 is 5.97 Å². The largest absolute Gasteiger partial charge is 0.481 e. The van der Waals surface area contributed by atoms with E-state index in [1.807, 2.05) is 6.07 Å². The minimum Gasteiger partial charge on any atom is -0.481 e. The lowest BCUT2D eigenvalue weighted by molar-refractivity contribution is -0.137. The van der Waals surface area contributed by atoms with Crippen LogP contribution >= 0.6 is 0 Å². The SMILES string of the molecule is CCc1ccc2c(n1)CCCC2CC(=O)O. The van der Waals surface area contributed by atoms with E-state index in [1.165, 1.54) is 0 Å². The first kappa shape index (κ1) is 11.1. The average molecular weight is 219 g/mol. The lowest BCUT2D eigenvalue weighted by Gasteiger charge is -2.23. The molecule has 86 valence electrons. The number of aliphatic carboxylic acids is 1. The molecule has 2 rings (SSSR count). The quantitative estimate of drug-likeness (QED) is 0.849. The molecule has 1 aliphatic carbocycles. The van der Waals surface area contributed by atoms with Crippen molar-refractivity contribution in [3.05, 3.63) is 29.1 Å². The van der Waals surface area contributed by atoms with E-state index < -0.39 is 5.97 Å². The van der Waals surface area contributed by atoms with Crippen LogP contribution in [-0.2, 0) is 17.6 Å². The number of carbonyl (C=O) groups is 1. The molecule has 1 N–H and O–H groups in total. The lowest BCUT2D eigenvalue weighted by Crippen LogP contribution is -2.15. The molecule has 3 heteroatoms. The van der Waals surface area contributed by atoms with Crippen molar-refractivity contribution in [3.8, 4) is 0 Å². The van der Waals surface area contributed by atoms with E-state index in [0.717, 1.165) is 42.6 Å². The topological polar surface area (TPSA) is 50.2 Å². The van der Waals surface area contributed by atoms with E-state index >= 15 is 0 Å². The molecule has 0 radical (unpaired) electrons. The van der Waals surface area contributed by atoms with E-state index in [9.17, 15) is 4.79 Å². The molecule has 0 amide bonds. The number of carboxylic acids is 1. The van der Waals surface area contributed by atoms with E-state index in [4.69, 9.17) is 5.11 Å². The predicted octanol–water partition coefficient (Wildman–Crippen LogP) is 2.54. The van der Waals surface area contributed by atoms with Crippen molar-refractivity contribution in [2.24, 2.45) is 0 Å². The third kappa shape index (κ3) is 2.23. The first-order valence-corrected chi connectivity index (χ1v) is 5.91. The molecule has 1 heterocycles. The molecule has 1 aliphatic rings. The highest BCUT2D eigenvalue weighted by atomic mass is 16.4. The van der Waals surface area contributed by atoms with Crippen LogP contribution in [-0.4, -0.2) is 16.1 Å². The molecule has 0 spiro atoms. The molecular formula is C13H17NO2. The Morgan fingerprint density at radius 2 is 2.38 bits per heavy atom.